The standard InChI is InChI=1S/C16H24N2O4/c1-3-22-11-5-9-17-15(19)8-10-18-16(20)13-6-4-7-14(12-13)21-2/h4,6-7,12H,3,5,8-11H2,1-2H3,(H,17,19)(H,18,20). The third-order valence-corrected chi connectivity index (χ3v) is 2.96. The lowest BCUT2D eigenvalue weighted by molar-refractivity contribution is -0.120. The highest BCUT2D eigenvalue weighted by Gasteiger charge is 2.07. The highest BCUT2D eigenvalue weighted by Crippen LogP contribution is 2.12. The highest BCUT2D eigenvalue weighted by atomic mass is 16.5. The van der Waals surface area contributed by atoms with Crippen LogP contribution in [-0.2, 0) is 9.53 Å². The molecule has 1 aromatic carbocycles. The first-order valence-corrected chi connectivity index (χ1v) is 7.44. The molecular weight excluding hydrogens is 284 g/mol. The number of methoxy groups -OCH3 is 1. The van der Waals surface area contributed by atoms with Crippen molar-refractivity contribution in [2.45, 2.75) is 19.8 Å². The predicted molar refractivity (Wildman–Crippen MR) is 84.1 cm³/mol. The molecule has 0 radical (unpaired) electrons. The molecule has 0 spiro atoms. The molecule has 0 saturated heterocycles. The number of nitrogens with one attached hydrogen (secondary N) is 2. The van der Waals surface area contributed by atoms with E-state index in [1.807, 2.05) is 6.92 Å². The lowest BCUT2D eigenvalue weighted by Crippen LogP contribution is -2.31. The molecule has 0 bridgehead atoms. The van der Waals surface area contributed by atoms with Gasteiger partial charge in [0, 0.05) is 38.3 Å². The van der Waals surface area contributed by atoms with Crippen LogP contribution in [-0.4, -0.2) is 45.2 Å². The average Bonchev–Trinajstić information content (AvgIpc) is 2.54. The SMILES string of the molecule is CCOCCCNC(=O)CCNC(=O)c1cccc(OC)c1. The summed E-state index contributed by atoms with van der Waals surface area (Å²) in [6.07, 6.45) is 1.04. The maximum atomic E-state index is 11.9. The second-order valence-electron chi connectivity index (χ2n) is 4.64. The maximum absolute atomic E-state index is 11.9. The maximum Gasteiger partial charge on any atom is 0.251 e. The molecule has 0 fully saturated rings. The summed E-state index contributed by atoms with van der Waals surface area (Å²) in [6, 6.07) is 6.88. The Hall–Kier alpha value is -2.08. The molecule has 0 aliphatic heterocycles. The van der Waals surface area contributed by atoms with Crippen LogP contribution in [0.4, 0.5) is 0 Å². The zero-order valence-electron chi connectivity index (χ0n) is 13.2. The zero-order valence-corrected chi connectivity index (χ0v) is 13.2. The minimum atomic E-state index is -0.219. The summed E-state index contributed by atoms with van der Waals surface area (Å²) in [7, 11) is 1.55. The van der Waals surface area contributed by atoms with Crippen LogP contribution in [0.25, 0.3) is 0 Å². The van der Waals surface area contributed by atoms with Gasteiger partial charge in [0.05, 0.1) is 7.11 Å². The molecule has 0 unspecified atom stereocenters. The molecule has 0 saturated carbocycles. The fraction of sp³-hybridized carbons (Fsp3) is 0.500. The Morgan fingerprint density at radius 3 is 2.73 bits per heavy atom. The van der Waals surface area contributed by atoms with Gasteiger partial charge >= 0.3 is 0 Å². The van der Waals surface area contributed by atoms with Gasteiger partial charge in [-0.2, -0.15) is 0 Å². The molecule has 0 aromatic heterocycles. The van der Waals surface area contributed by atoms with E-state index in [9.17, 15) is 9.59 Å². The van der Waals surface area contributed by atoms with Gasteiger partial charge in [-0.1, -0.05) is 6.07 Å². The van der Waals surface area contributed by atoms with Crippen molar-refractivity contribution in [3.8, 4) is 5.75 Å². The lowest BCUT2D eigenvalue weighted by atomic mass is 10.2. The van der Waals surface area contributed by atoms with Crippen LogP contribution in [0.5, 0.6) is 5.75 Å². The van der Waals surface area contributed by atoms with E-state index in [-0.39, 0.29) is 18.2 Å². The van der Waals surface area contributed by atoms with Gasteiger partial charge in [0.15, 0.2) is 0 Å². The van der Waals surface area contributed by atoms with Crippen LogP contribution < -0.4 is 15.4 Å². The van der Waals surface area contributed by atoms with E-state index in [0.29, 0.717) is 37.6 Å². The molecule has 1 rings (SSSR count). The van der Waals surface area contributed by atoms with Gasteiger partial charge < -0.3 is 20.1 Å². The van der Waals surface area contributed by atoms with Crippen LogP contribution in [0.3, 0.4) is 0 Å². The van der Waals surface area contributed by atoms with Crippen molar-refractivity contribution in [2.75, 3.05) is 33.4 Å². The van der Waals surface area contributed by atoms with Crippen LogP contribution in [0, 0.1) is 0 Å². The van der Waals surface area contributed by atoms with Crippen LogP contribution in [0.15, 0.2) is 24.3 Å². The molecule has 122 valence electrons. The fourth-order valence-electron chi connectivity index (χ4n) is 1.79. The number of carbonyl (C=O) groups excluding carboxylic acids is 2. The van der Waals surface area contributed by atoms with Crippen LogP contribution in [0.2, 0.25) is 0 Å². The summed E-state index contributed by atoms with van der Waals surface area (Å²) in [5, 5.41) is 5.49. The van der Waals surface area contributed by atoms with Crippen molar-refractivity contribution >= 4 is 11.8 Å². The van der Waals surface area contributed by atoms with Crippen molar-refractivity contribution < 1.29 is 19.1 Å². The zero-order chi connectivity index (χ0) is 16.2. The molecule has 22 heavy (non-hydrogen) atoms. The molecule has 0 atom stereocenters. The Kier molecular flexibility index (Phi) is 8.67. The Bertz CT molecular complexity index is 477. The van der Waals surface area contributed by atoms with E-state index in [1.165, 1.54) is 0 Å². The second kappa shape index (κ2) is 10.6. The summed E-state index contributed by atoms with van der Waals surface area (Å²) in [4.78, 5) is 23.5. The lowest BCUT2D eigenvalue weighted by Gasteiger charge is -2.07. The Morgan fingerprint density at radius 1 is 1.18 bits per heavy atom. The molecule has 1 aromatic rings. The van der Waals surface area contributed by atoms with E-state index in [1.54, 1.807) is 31.4 Å². The normalized spacial score (nSPS) is 10.1. The first-order chi connectivity index (χ1) is 10.7. The largest absolute Gasteiger partial charge is 0.497 e. The van der Waals surface area contributed by atoms with Crippen LogP contribution in [0.1, 0.15) is 30.1 Å². The molecule has 6 nitrogen and oxygen atoms in total. The molecule has 2 N–H and O–H groups in total. The molecule has 2 amide bonds. The smallest absolute Gasteiger partial charge is 0.251 e. The van der Waals surface area contributed by atoms with Crippen molar-refractivity contribution in [1.29, 1.82) is 0 Å². The first kappa shape index (κ1) is 18.0. The van der Waals surface area contributed by atoms with Gasteiger partial charge in [-0.05, 0) is 31.5 Å². The first-order valence-electron chi connectivity index (χ1n) is 7.44. The molecule has 0 heterocycles. The van der Waals surface area contributed by atoms with E-state index in [2.05, 4.69) is 10.6 Å². The van der Waals surface area contributed by atoms with E-state index in [0.717, 1.165) is 6.42 Å². The number of carbonyl (C=O) groups is 2. The number of amides is 2. The monoisotopic (exact) mass is 308 g/mol. The molecule has 0 aliphatic carbocycles. The minimum absolute atomic E-state index is 0.0811. The number of rotatable bonds is 10. The Morgan fingerprint density at radius 2 is 2.00 bits per heavy atom. The van der Waals surface area contributed by atoms with Gasteiger partial charge in [-0.3, -0.25) is 9.59 Å². The summed E-state index contributed by atoms with van der Waals surface area (Å²) in [6.45, 7) is 4.15. The summed E-state index contributed by atoms with van der Waals surface area (Å²) < 4.78 is 10.2. The number of hydrogen-bond acceptors (Lipinski definition) is 4. The predicted octanol–water partition coefficient (Wildman–Crippen LogP) is 1.36. The summed E-state index contributed by atoms with van der Waals surface area (Å²) in [5.41, 5.74) is 0.511. The van der Waals surface area contributed by atoms with Gasteiger partial charge in [0.1, 0.15) is 5.75 Å². The topological polar surface area (TPSA) is 76.7 Å². The summed E-state index contributed by atoms with van der Waals surface area (Å²) >= 11 is 0. The Labute approximate surface area is 131 Å². The fourth-order valence-corrected chi connectivity index (χ4v) is 1.79. The summed E-state index contributed by atoms with van der Waals surface area (Å²) in [5.74, 6) is 0.324. The average molecular weight is 308 g/mol. The molecule has 0 aliphatic rings. The van der Waals surface area contributed by atoms with Gasteiger partial charge in [0.25, 0.3) is 5.91 Å². The van der Waals surface area contributed by atoms with E-state index in [4.69, 9.17) is 9.47 Å². The van der Waals surface area contributed by atoms with Crippen molar-refractivity contribution in [2.24, 2.45) is 0 Å². The minimum Gasteiger partial charge on any atom is -0.497 e. The third-order valence-electron chi connectivity index (χ3n) is 2.96. The number of benzene rings is 1. The van der Waals surface area contributed by atoms with Crippen molar-refractivity contribution in [1.82, 2.24) is 10.6 Å². The third kappa shape index (κ3) is 7.08. The van der Waals surface area contributed by atoms with Crippen molar-refractivity contribution in [3.63, 3.8) is 0 Å². The van der Waals surface area contributed by atoms with Gasteiger partial charge in [0.2, 0.25) is 5.91 Å². The number of hydrogen-bond donors (Lipinski definition) is 2. The Balaban J connectivity index is 2.20. The van der Waals surface area contributed by atoms with Gasteiger partial charge in [-0.15, -0.1) is 0 Å². The van der Waals surface area contributed by atoms with Crippen LogP contribution >= 0.6 is 0 Å². The van der Waals surface area contributed by atoms with Gasteiger partial charge in [-0.25, -0.2) is 0 Å². The van der Waals surface area contributed by atoms with E-state index < -0.39 is 0 Å². The number of ether oxygens (including phenoxy) is 2. The molecule has 6 heteroatoms. The molecular formula is C16H24N2O4. The second-order valence-corrected chi connectivity index (χ2v) is 4.64. The van der Waals surface area contributed by atoms with Crippen molar-refractivity contribution in [3.05, 3.63) is 29.8 Å². The quantitative estimate of drug-likeness (QED) is 0.640. The van der Waals surface area contributed by atoms with E-state index >= 15 is 0 Å². The highest BCUT2D eigenvalue weighted by molar-refractivity contribution is 5.94.